The molecule has 1 rings (SSSR count). The van der Waals surface area contributed by atoms with Crippen molar-refractivity contribution in [1.82, 2.24) is 10.6 Å². The maximum Gasteiger partial charge on any atom is 0.389 e. The van der Waals surface area contributed by atoms with E-state index in [0.29, 0.717) is 38.6 Å². The highest BCUT2D eigenvalue weighted by atomic mass is 19.4. The van der Waals surface area contributed by atoms with E-state index in [-0.39, 0.29) is 12.5 Å². The van der Waals surface area contributed by atoms with Gasteiger partial charge in [-0.3, -0.25) is 4.99 Å². The molecule has 1 atom stereocenters. The van der Waals surface area contributed by atoms with Gasteiger partial charge in [-0.05, 0) is 38.7 Å². The maximum atomic E-state index is 12.1. The van der Waals surface area contributed by atoms with Gasteiger partial charge in [-0.2, -0.15) is 13.2 Å². The molecule has 0 saturated carbocycles. The van der Waals surface area contributed by atoms with Crippen molar-refractivity contribution < 1.29 is 17.9 Å². The fraction of sp³-hybridized carbons (Fsp3) is 0.632. The van der Waals surface area contributed by atoms with Gasteiger partial charge in [0, 0.05) is 32.7 Å². The zero-order valence-electron chi connectivity index (χ0n) is 15.6. The number of alkyl halides is 3. The molecular formula is C19H30F3N3O. The third kappa shape index (κ3) is 11.0. The quantitative estimate of drug-likeness (QED) is 0.342. The number of hydrogen-bond acceptors (Lipinski definition) is 2. The van der Waals surface area contributed by atoms with Crippen LogP contribution in [0.4, 0.5) is 13.2 Å². The zero-order chi connectivity index (χ0) is 19.3. The van der Waals surface area contributed by atoms with Crippen LogP contribution < -0.4 is 10.6 Å². The van der Waals surface area contributed by atoms with Gasteiger partial charge >= 0.3 is 6.18 Å². The lowest BCUT2D eigenvalue weighted by Crippen LogP contribution is -2.38. The van der Waals surface area contributed by atoms with Gasteiger partial charge in [-0.1, -0.05) is 30.3 Å². The topological polar surface area (TPSA) is 45.7 Å². The fourth-order valence-corrected chi connectivity index (χ4v) is 2.33. The highest BCUT2D eigenvalue weighted by Gasteiger charge is 2.25. The molecule has 0 spiro atoms. The Morgan fingerprint density at radius 2 is 1.85 bits per heavy atom. The van der Waals surface area contributed by atoms with Crippen LogP contribution in [-0.2, 0) is 4.74 Å². The lowest BCUT2D eigenvalue weighted by atomic mass is 10.1. The average Bonchev–Trinajstić information content (AvgIpc) is 2.60. The van der Waals surface area contributed by atoms with Crippen LogP contribution in [0.2, 0.25) is 0 Å². The summed E-state index contributed by atoms with van der Waals surface area (Å²) in [5, 5.41) is 6.15. The van der Waals surface area contributed by atoms with Gasteiger partial charge in [0.2, 0.25) is 0 Å². The van der Waals surface area contributed by atoms with Gasteiger partial charge < -0.3 is 15.4 Å². The number of unbranched alkanes of at least 4 members (excludes halogenated alkanes) is 1. The molecule has 0 heterocycles. The van der Waals surface area contributed by atoms with Gasteiger partial charge in [0.1, 0.15) is 0 Å². The summed E-state index contributed by atoms with van der Waals surface area (Å²) in [7, 11) is 0. The van der Waals surface area contributed by atoms with E-state index in [0.717, 1.165) is 12.0 Å². The van der Waals surface area contributed by atoms with Crippen LogP contribution in [0.5, 0.6) is 0 Å². The first-order chi connectivity index (χ1) is 12.4. The van der Waals surface area contributed by atoms with Crippen LogP contribution in [-0.4, -0.2) is 38.4 Å². The van der Waals surface area contributed by atoms with Gasteiger partial charge in [0.05, 0.1) is 6.10 Å². The third-order valence-corrected chi connectivity index (χ3v) is 3.73. The molecule has 7 heteroatoms. The standard InChI is InChI=1S/C19H30F3N3O/c1-3-23-18(24-13-8-7-12-19(20,21)22)25-14-9-15-26-16(2)17-10-5-4-6-11-17/h4-6,10-11,16H,3,7-9,12-15H2,1-2H3,(H2,23,24,25). The molecule has 1 unspecified atom stereocenters. The first-order valence-corrected chi connectivity index (χ1v) is 9.18. The Kier molecular flexibility index (Phi) is 10.8. The summed E-state index contributed by atoms with van der Waals surface area (Å²) in [6.07, 6.45) is -3.40. The van der Waals surface area contributed by atoms with E-state index >= 15 is 0 Å². The Bertz CT molecular complexity index is 507. The van der Waals surface area contributed by atoms with E-state index < -0.39 is 12.6 Å². The summed E-state index contributed by atoms with van der Waals surface area (Å²) >= 11 is 0. The summed E-state index contributed by atoms with van der Waals surface area (Å²) in [5.41, 5.74) is 1.14. The number of halogens is 3. The molecule has 0 bridgehead atoms. The molecule has 1 aromatic rings. The van der Waals surface area contributed by atoms with E-state index in [2.05, 4.69) is 15.6 Å². The molecule has 0 aliphatic carbocycles. The largest absolute Gasteiger partial charge is 0.389 e. The lowest BCUT2D eigenvalue weighted by molar-refractivity contribution is -0.135. The molecule has 0 saturated heterocycles. The number of nitrogens with zero attached hydrogens (tertiary/aromatic N) is 1. The van der Waals surface area contributed by atoms with Crippen molar-refractivity contribution in [2.45, 2.75) is 51.8 Å². The lowest BCUT2D eigenvalue weighted by Gasteiger charge is -2.13. The van der Waals surface area contributed by atoms with Crippen molar-refractivity contribution in [2.75, 3.05) is 26.2 Å². The summed E-state index contributed by atoms with van der Waals surface area (Å²) in [5.74, 6) is 0.635. The van der Waals surface area contributed by atoms with E-state index in [9.17, 15) is 13.2 Å². The molecule has 26 heavy (non-hydrogen) atoms. The number of benzene rings is 1. The number of guanidine groups is 1. The highest BCUT2D eigenvalue weighted by molar-refractivity contribution is 5.79. The van der Waals surface area contributed by atoms with Crippen LogP contribution in [0.3, 0.4) is 0 Å². The molecule has 4 nitrogen and oxygen atoms in total. The van der Waals surface area contributed by atoms with Crippen molar-refractivity contribution in [2.24, 2.45) is 4.99 Å². The van der Waals surface area contributed by atoms with Crippen LogP contribution >= 0.6 is 0 Å². The predicted octanol–water partition coefficient (Wildman–Crippen LogP) is 4.44. The second kappa shape index (κ2) is 12.6. The molecule has 0 amide bonds. The number of ether oxygens (including phenoxy) is 1. The van der Waals surface area contributed by atoms with Crippen LogP contribution in [0.1, 0.15) is 51.2 Å². The van der Waals surface area contributed by atoms with Crippen molar-refractivity contribution in [1.29, 1.82) is 0 Å². The Morgan fingerprint density at radius 1 is 1.12 bits per heavy atom. The summed E-state index contributed by atoms with van der Waals surface area (Å²) < 4.78 is 42.1. The van der Waals surface area contributed by atoms with Gasteiger partial charge in [-0.25, -0.2) is 0 Å². The van der Waals surface area contributed by atoms with E-state index in [4.69, 9.17) is 4.74 Å². The summed E-state index contributed by atoms with van der Waals surface area (Å²) in [4.78, 5) is 4.42. The minimum Gasteiger partial charge on any atom is -0.374 e. The molecule has 0 fully saturated rings. The van der Waals surface area contributed by atoms with Gasteiger partial charge in [0.15, 0.2) is 5.96 Å². The Hall–Kier alpha value is -1.76. The Labute approximate surface area is 154 Å². The SMILES string of the molecule is CCNC(=NCCCOC(C)c1ccccc1)NCCCCC(F)(F)F. The number of nitrogens with one attached hydrogen (secondary N) is 2. The first-order valence-electron chi connectivity index (χ1n) is 9.18. The molecule has 0 aromatic heterocycles. The number of rotatable bonds is 11. The smallest absolute Gasteiger partial charge is 0.374 e. The van der Waals surface area contributed by atoms with Crippen molar-refractivity contribution in [3.63, 3.8) is 0 Å². The molecule has 148 valence electrons. The molecule has 0 radical (unpaired) electrons. The minimum atomic E-state index is -4.07. The third-order valence-electron chi connectivity index (χ3n) is 3.73. The second-order valence-electron chi connectivity index (χ2n) is 6.04. The van der Waals surface area contributed by atoms with E-state index in [1.54, 1.807) is 0 Å². The molecule has 2 N–H and O–H groups in total. The molecular weight excluding hydrogens is 343 g/mol. The van der Waals surface area contributed by atoms with Gasteiger partial charge in [0.25, 0.3) is 0 Å². The zero-order valence-corrected chi connectivity index (χ0v) is 15.6. The van der Waals surface area contributed by atoms with E-state index in [1.165, 1.54) is 0 Å². The second-order valence-corrected chi connectivity index (χ2v) is 6.04. The highest BCUT2D eigenvalue weighted by Crippen LogP contribution is 2.21. The molecule has 1 aromatic carbocycles. The van der Waals surface area contributed by atoms with Gasteiger partial charge in [-0.15, -0.1) is 0 Å². The normalized spacial score (nSPS) is 13.5. The van der Waals surface area contributed by atoms with Crippen LogP contribution in [0, 0.1) is 0 Å². The summed E-state index contributed by atoms with van der Waals surface area (Å²) in [6.45, 7) is 6.35. The molecule has 0 aliphatic heterocycles. The maximum absolute atomic E-state index is 12.1. The van der Waals surface area contributed by atoms with E-state index in [1.807, 2.05) is 44.2 Å². The minimum absolute atomic E-state index is 0.0418. The number of aliphatic imine (C=N–C) groups is 1. The predicted molar refractivity (Wildman–Crippen MR) is 99.3 cm³/mol. The van der Waals surface area contributed by atoms with Crippen molar-refractivity contribution in [3.05, 3.63) is 35.9 Å². The fourth-order valence-electron chi connectivity index (χ4n) is 2.33. The Balaban J connectivity index is 2.20. The van der Waals surface area contributed by atoms with Crippen LogP contribution in [0.25, 0.3) is 0 Å². The Morgan fingerprint density at radius 3 is 2.50 bits per heavy atom. The first kappa shape index (κ1) is 22.3. The van der Waals surface area contributed by atoms with Crippen molar-refractivity contribution in [3.8, 4) is 0 Å². The average molecular weight is 373 g/mol. The monoisotopic (exact) mass is 373 g/mol. The summed E-state index contributed by atoms with van der Waals surface area (Å²) in [6, 6.07) is 10.0. The molecule has 0 aliphatic rings. The van der Waals surface area contributed by atoms with Crippen LogP contribution in [0.15, 0.2) is 35.3 Å². The van der Waals surface area contributed by atoms with Crippen molar-refractivity contribution >= 4 is 5.96 Å². The number of hydrogen-bond donors (Lipinski definition) is 2.